The maximum atomic E-state index is 13.3. The van der Waals surface area contributed by atoms with Crippen LogP contribution < -0.4 is 10.6 Å². The molecule has 0 bridgehead atoms. The Labute approximate surface area is 273 Å². The number of nitrogens with zero attached hydrogens (tertiary/aromatic N) is 4. The molecule has 7 unspecified atom stereocenters. The zero-order valence-electron chi connectivity index (χ0n) is 28.7. The molecule has 0 aromatic carbocycles. The second-order valence-corrected chi connectivity index (χ2v) is 15.1. The van der Waals surface area contributed by atoms with Crippen molar-refractivity contribution in [3.05, 3.63) is 11.3 Å². The van der Waals surface area contributed by atoms with Crippen LogP contribution in [0.3, 0.4) is 0 Å². The Balaban J connectivity index is 0.867. The van der Waals surface area contributed by atoms with Crippen LogP contribution in [-0.4, -0.2) is 76.6 Å². The summed E-state index contributed by atoms with van der Waals surface area (Å²) in [5.41, 5.74) is 1.97. The molecule has 0 aromatic rings. The van der Waals surface area contributed by atoms with Crippen LogP contribution >= 0.6 is 0 Å². The first-order valence-electron chi connectivity index (χ1n) is 19.2. The smallest absolute Gasteiger partial charge is 0.337 e. The van der Waals surface area contributed by atoms with Gasteiger partial charge in [0.25, 0.3) is 0 Å². The number of rotatable bonds is 17. The van der Waals surface area contributed by atoms with Crippen LogP contribution in [0.15, 0.2) is 21.3 Å². The Bertz CT molecular complexity index is 1100. The van der Waals surface area contributed by atoms with Gasteiger partial charge in [0.15, 0.2) is 11.9 Å². The number of ether oxygens (including phenoxy) is 1. The van der Waals surface area contributed by atoms with E-state index in [1.807, 2.05) is 0 Å². The topological polar surface area (TPSA) is 81.6 Å². The van der Waals surface area contributed by atoms with Gasteiger partial charge in [-0.3, -0.25) is 0 Å². The van der Waals surface area contributed by atoms with Crippen molar-refractivity contribution in [1.29, 1.82) is 0 Å². The summed E-state index contributed by atoms with van der Waals surface area (Å²) in [6.07, 6.45) is 26.1. The number of nitrogens with one attached hydrogen (secondary N) is 2. The maximum absolute atomic E-state index is 13.3. The fourth-order valence-corrected chi connectivity index (χ4v) is 9.23. The van der Waals surface area contributed by atoms with Crippen LogP contribution in [0.25, 0.3) is 0 Å². The van der Waals surface area contributed by atoms with Gasteiger partial charge in [0.2, 0.25) is 0 Å². The van der Waals surface area contributed by atoms with Crippen molar-refractivity contribution in [3.8, 4) is 0 Å². The molecule has 0 aliphatic carbocycles. The number of aliphatic imine (C=N–C) groups is 2. The summed E-state index contributed by atoms with van der Waals surface area (Å²) >= 11 is 0. The van der Waals surface area contributed by atoms with E-state index in [-0.39, 0.29) is 12.0 Å². The highest BCUT2D eigenvalue weighted by molar-refractivity contribution is 5.95. The van der Waals surface area contributed by atoms with Crippen LogP contribution in [-0.2, 0) is 9.53 Å². The lowest BCUT2D eigenvalue weighted by molar-refractivity contribution is -0.139. The SMILES string of the molecule is CCCCCCCCCC1CC2CCC3=C(C(=O)OCCCCCCCC4CC5CCC6CC(C)NC(=N4)N56)C(C)N=C(N1)N32. The van der Waals surface area contributed by atoms with Gasteiger partial charge >= 0.3 is 5.97 Å². The average Bonchev–Trinajstić information content (AvgIpc) is 3.63. The molecule has 6 aliphatic rings. The molecule has 6 aliphatic heterocycles. The fourth-order valence-electron chi connectivity index (χ4n) is 9.23. The van der Waals surface area contributed by atoms with Gasteiger partial charge in [-0.25, -0.2) is 14.8 Å². The summed E-state index contributed by atoms with van der Waals surface area (Å²) in [6, 6.07) is 3.30. The molecule has 0 aromatic heterocycles. The molecule has 6 heterocycles. The van der Waals surface area contributed by atoms with Gasteiger partial charge in [-0.2, -0.15) is 0 Å². The van der Waals surface area contributed by atoms with E-state index < -0.39 is 0 Å². The number of esters is 1. The van der Waals surface area contributed by atoms with Crippen LogP contribution in [0.1, 0.15) is 156 Å². The van der Waals surface area contributed by atoms with Crippen molar-refractivity contribution in [2.75, 3.05) is 6.61 Å². The van der Waals surface area contributed by atoms with Crippen molar-refractivity contribution in [3.63, 3.8) is 0 Å². The first-order valence-corrected chi connectivity index (χ1v) is 19.2. The lowest BCUT2D eigenvalue weighted by Crippen LogP contribution is -2.59. The molecule has 4 saturated heterocycles. The normalized spacial score (nSPS) is 31.6. The first-order chi connectivity index (χ1) is 22.0. The maximum Gasteiger partial charge on any atom is 0.337 e. The zero-order chi connectivity index (χ0) is 31.2. The highest BCUT2D eigenvalue weighted by Crippen LogP contribution is 2.40. The number of hydrogen-bond acceptors (Lipinski definition) is 8. The third kappa shape index (κ3) is 7.84. The Kier molecular flexibility index (Phi) is 11.3. The van der Waals surface area contributed by atoms with E-state index in [1.165, 1.54) is 114 Å². The van der Waals surface area contributed by atoms with Gasteiger partial charge < -0.3 is 25.2 Å². The second-order valence-electron chi connectivity index (χ2n) is 15.1. The minimum atomic E-state index is -0.142. The molecule has 8 nitrogen and oxygen atoms in total. The molecule has 4 fully saturated rings. The van der Waals surface area contributed by atoms with E-state index in [0.717, 1.165) is 49.7 Å². The van der Waals surface area contributed by atoms with E-state index in [0.29, 0.717) is 36.8 Å². The largest absolute Gasteiger partial charge is 0.462 e. The molecular weight excluding hydrogens is 560 g/mol. The number of unbranched alkanes of at least 4 members (excludes halogenated alkanes) is 10. The highest BCUT2D eigenvalue weighted by atomic mass is 16.5. The predicted octanol–water partition coefficient (Wildman–Crippen LogP) is 7.19. The number of hydrogen-bond donors (Lipinski definition) is 2. The fraction of sp³-hybridized carbons (Fsp3) is 0.865. The minimum absolute atomic E-state index is 0.139. The lowest BCUT2D eigenvalue weighted by atomic mass is 9.97. The molecule has 2 N–H and O–H groups in total. The van der Waals surface area contributed by atoms with E-state index in [4.69, 9.17) is 14.7 Å². The average molecular weight is 623 g/mol. The standard InChI is InChI=1S/C37H62N6O2/c1-4-5-6-7-8-10-13-17-29-25-32-20-21-33-34(27(3)39-37(41-29)43(32)33)35(44)45-22-15-12-9-11-14-16-28-24-31-19-18-30-23-26(2)38-36(40-28)42(30)31/h26-32H,4-25H2,1-3H3,(H,38,40)(H,39,41). The Morgan fingerprint density at radius 1 is 0.778 bits per heavy atom. The predicted molar refractivity (Wildman–Crippen MR) is 183 cm³/mol. The van der Waals surface area contributed by atoms with Gasteiger partial charge in [-0.05, 0) is 78.1 Å². The molecule has 6 rings (SSSR count). The highest BCUT2D eigenvalue weighted by Gasteiger charge is 2.45. The van der Waals surface area contributed by atoms with Crippen molar-refractivity contribution < 1.29 is 9.53 Å². The molecule has 252 valence electrons. The molecule has 0 spiro atoms. The molecule has 45 heavy (non-hydrogen) atoms. The Hall–Kier alpha value is -2.25. The van der Waals surface area contributed by atoms with Crippen LogP contribution in [0.5, 0.6) is 0 Å². The van der Waals surface area contributed by atoms with Crippen molar-refractivity contribution >= 4 is 17.9 Å². The van der Waals surface area contributed by atoms with Crippen molar-refractivity contribution in [2.45, 2.75) is 198 Å². The minimum Gasteiger partial charge on any atom is -0.462 e. The quantitative estimate of drug-likeness (QED) is 0.132. The van der Waals surface area contributed by atoms with Gasteiger partial charge in [0.1, 0.15) is 0 Å². The molecule has 0 radical (unpaired) electrons. The molecule has 0 saturated carbocycles. The van der Waals surface area contributed by atoms with Gasteiger partial charge in [0, 0.05) is 35.9 Å². The van der Waals surface area contributed by atoms with Crippen molar-refractivity contribution in [1.82, 2.24) is 20.4 Å². The number of allylic oxidation sites excluding steroid dienone is 1. The number of carbonyl (C=O) groups is 1. The Morgan fingerprint density at radius 3 is 2.29 bits per heavy atom. The van der Waals surface area contributed by atoms with E-state index >= 15 is 0 Å². The van der Waals surface area contributed by atoms with Gasteiger partial charge in [-0.1, -0.05) is 77.6 Å². The third-order valence-electron chi connectivity index (χ3n) is 11.5. The lowest BCUT2D eigenvalue weighted by Gasteiger charge is -2.44. The number of guanidine groups is 2. The van der Waals surface area contributed by atoms with E-state index in [9.17, 15) is 4.79 Å². The number of carbonyl (C=O) groups excluding carboxylic acids is 1. The van der Waals surface area contributed by atoms with Crippen LogP contribution in [0, 0.1) is 0 Å². The summed E-state index contributed by atoms with van der Waals surface area (Å²) < 4.78 is 5.85. The molecule has 0 amide bonds. The van der Waals surface area contributed by atoms with E-state index in [1.54, 1.807) is 0 Å². The first kappa shape index (κ1) is 32.7. The summed E-state index contributed by atoms with van der Waals surface area (Å²) in [5.74, 6) is 2.05. The van der Waals surface area contributed by atoms with Crippen molar-refractivity contribution in [2.24, 2.45) is 9.98 Å². The summed E-state index contributed by atoms with van der Waals surface area (Å²) in [7, 11) is 0. The molecule has 8 heteroatoms. The van der Waals surface area contributed by atoms with Crippen LogP contribution in [0.2, 0.25) is 0 Å². The van der Waals surface area contributed by atoms with E-state index in [2.05, 4.69) is 41.2 Å². The van der Waals surface area contributed by atoms with Crippen LogP contribution in [0.4, 0.5) is 0 Å². The summed E-state index contributed by atoms with van der Waals surface area (Å²) in [6.45, 7) is 7.16. The summed E-state index contributed by atoms with van der Waals surface area (Å²) in [5, 5.41) is 7.42. The second kappa shape index (κ2) is 15.6. The summed E-state index contributed by atoms with van der Waals surface area (Å²) in [4.78, 5) is 28.4. The molecule has 7 atom stereocenters. The van der Waals surface area contributed by atoms with Gasteiger partial charge in [0.05, 0.1) is 24.3 Å². The zero-order valence-corrected chi connectivity index (χ0v) is 28.7. The third-order valence-corrected chi connectivity index (χ3v) is 11.5. The Morgan fingerprint density at radius 2 is 1.49 bits per heavy atom. The molecular formula is C37H62N6O2. The van der Waals surface area contributed by atoms with Gasteiger partial charge in [-0.15, -0.1) is 0 Å². The monoisotopic (exact) mass is 622 g/mol.